The zero-order valence-corrected chi connectivity index (χ0v) is 12.5. The molecule has 2 rings (SSSR count). The summed E-state index contributed by atoms with van der Waals surface area (Å²) < 4.78 is 63.1. The smallest absolute Gasteiger partial charge is 0.229 e. The zero-order valence-electron chi connectivity index (χ0n) is 10.9. The lowest BCUT2D eigenvalue weighted by atomic mass is 10.2. The number of sulfonamides is 1. The van der Waals surface area contributed by atoms with Crippen LogP contribution < -0.4 is 4.72 Å². The number of benzene rings is 1. The molecule has 6 nitrogen and oxygen atoms in total. The topological polar surface area (TPSA) is 104 Å². The van der Waals surface area contributed by atoms with Crippen LogP contribution in [0.2, 0.25) is 0 Å². The highest BCUT2D eigenvalue weighted by Gasteiger charge is 2.32. The first kappa shape index (κ1) is 15.9. The van der Waals surface area contributed by atoms with E-state index < -0.39 is 41.4 Å². The second kappa shape index (κ2) is 5.71. The van der Waals surface area contributed by atoms with Gasteiger partial charge in [-0.15, -0.1) is 0 Å². The van der Waals surface area contributed by atoms with Crippen molar-refractivity contribution < 1.29 is 21.2 Å². The zero-order chi connectivity index (χ0) is 15.7. The fourth-order valence-electron chi connectivity index (χ4n) is 2.20. The summed E-state index contributed by atoms with van der Waals surface area (Å²) in [5.74, 6) is -0.892. The van der Waals surface area contributed by atoms with Crippen molar-refractivity contribution in [3.8, 4) is 6.07 Å². The first-order chi connectivity index (χ1) is 9.78. The second-order valence-corrected chi connectivity index (χ2v) is 8.84. The number of rotatable bonds is 4. The third kappa shape index (κ3) is 3.23. The van der Waals surface area contributed by atoms with Crippen molar-refractivity contribution >= 4 is 19.9 Å². The van der Waals surface area contributed by atoms with Crippen LogP contribution in [-0.4, -0.2) is 34.4 Å². The Balaban J connectivity index is 2.25. The summed E-state index contributed by atoms with van der Waals surface area (Å²) >= 11 is 0. The van der Waals surface area contributed by atoms with Crippen molar-refractivity contribution in [1.29, 1.82) is 5.26 Å². The van der Waals surface area contributed by atoms with Crippen LogP contribution in [0.15, 0.2) is 23.1 Å². The molecule has 0 amide bonds. The normalized spacial score (nSPS) is 21.0. The number of nitrogens with zero attached hydrogens (tertiary/aromatic N) is 1. The quantitative estimate of drug-likeness (QED) is 0.867. The van der Waals surface area contributed by atoms with Crippen LogP contribution in [0.5, 0.6) is 0 Å². The van der Waals surface area contributed by atoms with E-state index in [0.717, 1.165) is 12.1 Å². The molecule has 0 saturated carbocycles. The molecule has 1 saturated heterocycles. The van der Waals surface area contributed by atoms with E-state index in [9.17, 15) is 21.2 Å². The molecule has 1 atom stereocenters. The standard InChI is InChI=1S/C12H13FN2O4S2/c13-11-4-1-5-12(10(11)7-14)21(18,19)15-8-9-3-2-6-20(9,16)17/h1,4-5,9,15H,2-3,6,8H2. The Bertz CT molecular complexity index is 797. The SMILES string of the molecule is N#Cc1c(F)cccc1S(=O)(=O)NCC1CCCS1(=O)=O. The number of nitrogens with one attached hydrogen (secondary N) is 1. The minimum atomic E-state index is -4.14. The Morgan fingerprint density at radius 1 is 1.43 bits per heavy atom. The van der Waals surface area contributed by atoms with Crippen molar-refractivity contribution in [3.05, 3.63) is 29.6 Å². The third-order valence-corrected chi connectivity index (χ3v) is 7.08. The van der Waals surface area contributed by atoms with E-state index in [1.54, 1.807) is 0 Å². The van der Waals surface area contributed by atoms with E-state index in [-0.39, 0.29) is 12.3 Å². The molecule has 0 aliphatic carbocycles. The third-order valence-electron chi connectivity index (χ3n) is 3.34. The number of hydrogen-bond acceptors (Lipinski definition) is 5. The van der Waals surface area contributed by atoms with Crippen LogP contribution in [0, 0.1) is 17.1 Å². The molecule has 0 radical (unpaired) electrons. The highest BCUT2D eigenvalue weighted by molar-refractivity contribution is 7.92. The Morgan fingerprint density at radius 3 is 2.71 bits per heavy atom. The van der Waals surface area contributed by atoms with Crippen molar-refractivity contribution in [3.63, 3.8) is 0 Å². The molecule has 0 aromatic heterocycles. The maximum absolute atomic E-state index is 13.4. The Morgan fingerprint density at radius 2 is 2.14 bits per heavy atom. The molecule has 1 fully saturated rings. The van der Waals surface area contributed by atoms with Gasteiger partial charge in [-0.1, -0.05) is 6.07 Å². The molecular weight excluding hydrogens is 319 g/mol. The van der Waals surface area contributed by atoms with Gasteiger partial charge in [0.15, 0.2) is 9.84 Å². The van der Waals surface area contributed by atoms with E-state index >= 15 is 0 Å². The molecule has 1 heterocycles. The van der Waals surface area contributed by atoms with Gasteiger partial charge < -0.3 is 0 Å². The molecule has 114 valence electrons. The minimum absolute atomic E-state index is 0.0444. The first-order valence-corrected chi connectivity index (χ1v) is 9.37. The summed E-state index contributed by atoms with van der Waals surface area (Å²) in [5, 5.41) is 8.08. The summed E-state index contributed by atoms with van der Waals surface area (Å²) in [5.41, 5.74) is -0.584. The summed E-state index contributed by atoms with van der Waals surface area (Å²) in [6.07, 6.45) is 0.886. The van der Waals surface area contributed by atoms with Crippen LogP contribution in [0.1, 0.15) is 18.4 Å². The van der Waals surface area contributed by atoms with E-state index in [0.29, 0.717) is 12.8 Å². The molecule has 1 aliphatic heterocycles. The highest BCUT2D eigenvalue weighted by atomic mass is 32.2. The van der Waals surface area contributed by atoms with Gasteiger partial charge in [0.25, 0.3) is 0 Å². The predicted molar refractivity (Wildman–Crippen MR) is 73.1 cm³/mol. The van der Waals surface area contributed by atoms with Gasteiger partial charge >= 0.3 is 0 Å². The van der Waals surface area contributed by atoms with Gasteiger partial charge in [-0.25, -0.2) is 25.9 Å². The van der Waals surface area contributed by atoms with Crippen molar-refractivity contribution in [2.75, 3.05) is 12.3 Å². The molecule has 1 aromatic carbocycles. The van der Waals surface area contributed by atoms with Crippen LogP contribution in [-0.2, 0) is 19.9 Å². The lowest BCUT2D eigenvalue weighted by Gasteiger charge is -2.12. The van der Waals surface area contributed by atoms with Crippen LogP contribution in [0.25, 0.3) is 0 Å². The lowest BCUT2D eigenvalue weighted by Crippen LogP contribution is -2.35. The summed E-state index contributed by atoms with van der Waals surface area (Å²) in [7, 11) is -7.42. The Hall–Kier alpha value is -1.50. The van der Waals surface area contributed by atoms with Gasteiger partial charge in [0.2, 0.25) is 10.0 Å². The van der Waals surface area contributed by atoms with Crippen LogP contribution >= 0.6 is 0 Å². The number of sulfone groups is 1. The Kier molecular flexibility index (Phi) is 4.32. The Labute approximate surface area is 122 Å². The molecular formula is C12H13FN2O4S2. The first-order valence-electron chi connectivity index (χ1n) is 6.18. The second-order valence-electron chi connectivity index (χ2n) is 4.71. The summed E-state index contributed by atoms with van der Waals surface area (Å²) in [6.45, 7) is -0.272. The van der Waals surface area contributed by atoms with Gasteiger partial charge in [0.05, 0.1) is 11.0 Å². The van der Waals surface area contributed by atoms with E-state index in [4.69, 9.17) is 5.26 Å². The highest BCUT2D eigenvalue weighted by Crippen LogP contribution is 2.21. The van der Waals surface area contributed by atoms with Crippen molar-refractivity contribution in [2.24, 2.45) is 0 Å². The molecule has 1 aromatic rings. The average Bonchev–Trinajstić information content (AvgIpc) is 2.75. The van der Waals surface area contributed by atoms with E-state index in [1.165, 1.54) is 12.1 Å². The fraction of sp³-hybridized carbons (Fsp3) is 0.417. The van der Waals surface area contributed by atoms with Gasteiger partial charge in [0.1, 0.15) is 22.3 Å². The molecule has 9 heteroatoms. The largest absolute Gasteiger partial charge is 0.242 e. The van der Waals surface area contributed by atoms with E-state index in [2.05, 4.69) is 4.72 Å². The molecule has 21 heavy (non-hydrogen) atoms. The van der Waals surface area contributed by atoms with Gasteiger partial charge in [-0.2, -0.15) is 5.26 Å². The van der Waals surface area contributed by atoms with Gasteiger partial charge in [-0.05, 0) is 25.0 Å². The number of nitriles is 1. The molecule has 1 unspecified atom stereocenters. The number of hydrogen-bond donors (Lipinski definition) is 1. The number of halogens is 1. The van der Waals surface area contributed by atoms with Gasteiger partial charge in [-0.3, -0.25) is 0 Å². The summed E-state index contributed by atoms with van der Waals surface area (Å²) in [4.78, 5) is -0.486. The predicted octanol–water partition coefficient (Wildman–Crippen LogP) is 0.553. The minimum Gasteiger partial charge on any atom is -0.229 e. The van der Waals surface area contributed by atoms with Crippen molar-refractivity contribution in [2.45, 2.75) is 23.0 Å². The van der Waals surface area contributed by atoms with Crippen LogP contribution in [0.4, 0.5) is 4.39 Å². The van der Waals surface area contributed by atoms with Crippen molar-refractivity contribution in [1.82, 2.24) is 4.72 Å². The van der Waals surface area contributed by atoms with Crippen LogP contribution in [0.3, 0.4) is 0 Å². The van der Waals surface area contributed by atoms with E-state index in [1.807, 2.05) is 0 Å². The lowest BCUT2D eigenvalue weighted by molar-refractivity contribution is 0.567. The fourth-order valence-corrected chi connectivity index (χ4v) is 5.32. The maximum Gasteiger partial charge on any atom is 0.242 e. The average molecular weight is 332 g/mol. The maximum atomic E-state index is 13.4. The molecule has 0 bridgehead atoms. The summed E-state index contributed by atoms with van der Waals surface area (Å²) in [6, 6.07) is 4.77. The monoisotopic (exact) mass is 332 g/mol. The molecule has 1 aliphatic rings. The molecule has 1 N–H and O–H groups in total. The molecule has 0 spiro atoms. The van der Waals surface area contributed by atoms with Gasteiger partial charge in [0, 0.05) is 6.54 Å².